The van der Waals surface area contributed by atoms with E-state index in [1.54, 1.807) is 0 Å². The summed E-state index contributed by atoms with van der Waals surface area (Å²) >= 11 is 0. The van der Waals surface area contributed by atoms with Crippen LogP contribution in [0.15, 0.2) is 0 Å². The fourth-order valence-corrected chi connectivity index (χ4v) is 3.92. The van der Waals surface area contributed by atoms with Crippen LogP contribution in [-0.2, 0) is 0 Å². The summed E-state index contributed by atoms with van der Waals surface area (Å²) in [7, 11) is 0. The highest BCUT2D eigenvalue weighted by atomic mass is 16.3. The van der Waals surface area contributed by atoms with Crippen LogP contribution < -0.4 is 5.73 Å². The van der Waals surface area contributed by atoms with Gasteiger partial charge in [0, 0.05) is 5.54 Å². The first-order chi connectivity index (χ1) is 6.14. The lowest BCUT2D eigenvalue weighted by Crippen LogP contribution is -2.66. The SMILES string of the molecule is NC1(C2(O)CCC2)CC2CCC1C2. The van der Waals surface area contributed by atoms with E-state index in [0.717, 1.165) is 25.2 Å². The van der Waals surface area contributed by atoms with Crippen molar-refractivity contribution in [2.75, 3.05) is 0 Å². The molecule has 3 aliphatic rings. The van der Waals surface area contributed by atoms with Gasteiger partial charge < -0.3 is 10.8 Å². The summed E-state index contributed by atoms with van der Waals surface area (Å²) in [5, 5.41) is 10.4. The van der Waals surface area contributed by atoms with E-state index in [0.29, 0.717) is 5.92 Å². The highest BCUT2D eigenvalue weighted by Gasteiger charge is 2.61. The Hall–Kier alpha value is -0.0800. The van der Waals surface area contributed by atoms with E-state index in [1.807, 2.05) is 0 Å². The van der Waals surface area contributed by atoms with Crippen molar-refractivity contribution in [3.63, 3.8) is 0 Å². The Kier molecular flexibility index (Phi) is 1.45. The molecule has 0 amide bonds. The molecule has 74 valence electrons. The van der Waals surface area contributed by atoms with Gasteiger partial charge in [0.1, 0.15) is 0 Å². The van der Waals surface area contributed by atoms with Crippen LogP contribution in [0.25, 0.3) is 0 Å². The molecule has 2 bridgehead atoms. The monoisotopic (exact) mass is 181 g/mol. The third kappa shape index (κ3) is 0.861. The zero-order valence-corrected chi connectivity index (χ0v) is 8.13. The number of nitrogens with two attached hydrogens (primary N) is 1. The smallest absolute Gasteiger partial charge is 0.0829 e. The fourth-order valence-electron chi connectivity index (χ4n) is 3.92. The van der Waals surface area contributed by atoms with Crippen molar-refractivity contribution in [1.29, 1.82) is 0 Å². The lowest BCUT2D eigenvalue weighted by atomic mass is 9.61. The maximum absolute atomic E-state index is 10.4. The molecule has 0 aromatic rings. The molecule has 3 saturated carbocycles. The van der Waals surface area contributed by atoms with E-state index in [2.05, 4.69) is 0 Å². The molecule has 13 heavy (non-hydrogen) atoms. The van der Waals surface area contributed by atoms with Gasteiger partial charge in [-0.15, -0.1) is 0 Å². The van der Waals surface area contributed by atoms with Crippen molar-refractivity contribution < 1.29 is 5.11 Å². The van der Waals surface area contributed by atoms with Crippen molar-refractivity contribution in [1.82, 2.24) is 0 Å². The van der Waals surface area contributed by atoms with Gasteiger partial charge in [0.15, 0.2) is 0 Å². The Morgan fingerprint density at radius 3 is 2.38 bits per heavy atom. The molecule has 3 rings (SSSR count). The van der Waals surface area contributed by atoms with Crippen molar-refractivity contribution in [2.45, 2.75) is 56.1 Å². The Labute approximate surface area is 79.5 Å². The van der Waals surface area contributed by atoms with Crippen LogP contribution >= 0.6 is 0 Å². The van der Waals surface area contributed by atoms with E-state index in [4.69, 9.17) is 5.73 Å². The van der Waals surface area contributed by atoms with Gasteiger partial charge in [0.25, 0.3) is 0 Å². The molecule has 0 aromatic heterocycles. The maximum Gasteiger partial charge on any atom is 0.0829 e. The van der Waals surface area contributed by atoms with Crippen molar-refractivity contribution >= 4 is 0 Å². The van der Waals surface area contributed by atoms with Crippen LogP contribution in [-0.4, -0.2) is 16.2 Å². The second kappa shape index (κ2) is 2.29. The summed E-state index contributed by atoms with van der Waals surface area (Å²) in [5.41, 5.74) is 5.75. The van der Waals surface area contributed by atoms with E-state index >= 15 is 0 Å². The molecule has 0 saturated heterocycles. The quantitative estimate of drug-likeness (QED) is 0.642. The van der Waals surface area contributed by atoms with Crippen molar-refractivity contribution in [2.24, 2.45) is 17.6 Å². The average Bonchev–Trinajstić information content (AvgIpc) is 2.59. The molecule has 3 fully saturated rings. The number of hydrogen-bond acceptors (Lipinski definition) is 2. The first-order valence-corrected chi connectivity index (χ1v) is 5.65. The first kappa shape index (κ1) is 8.25. The largest absolute Gasteiger partial charge is 0.388 e. The minimum absolute atomic E-state index is 0.200. The number of aliphatic hydroxyl groups is 1. The van der Waals surface area contributed by atoms with Crippen LogP contribution in [0.4, 0.5) is 0 Å². The summed E-state index contributed by atoms with van der Waals surface area (Å²) < 4.78 is 0. The number of fused-ring (bicyclic) bond motifs is 2. The lowest BCUT2D eigenvalue weighted by Gasteiger charge is -2.52. The third-order valence-electron chi connectivity index (χ3n) is 4.94. The van der Waals surface area contributed by atoms with Gasteiger partial charge in [0.2, 0.25) is 0 Å². The molecular formula is C11H19NO. The summed E-state index contributed by atoms with van der Waals surface area (Å²) in [6, 6.07) is 0. The molecule has 2 nitrogen and oxygen atoms in total. The molecule has 3 atom stereocenters. The van der Waals surface area contributed by atoms with Gasteiger partial charge >= 0.3 is 0 Å². The van der Waals surface area contributed by atoms with Gasteiger partial charge in [-0.3, -0.25) is 0 Å². The van der Waals surface area contributed by atoms with Crippen molar-refractivity contribution in [3.05, 3.63) is 0 Å². The van der Waals surface area contributed by atoms with Gasteiger partial charge in [-0.2, -0.15) is 0 Å². The molecule has 2 heteroatoms. The average molecular weight is 181 g/mol. The Balaban J connectivity index is 1.89. The zero-order valence-electron chi connectivity index (χ0n) is 8.13. The highest BCUT2D eigenvalue weighted by Crippen LogP contribution is 2.57. The molecular weight excluding hydrogens is 162 g/mol. The highest BCUT2D eigenvalue weighted by molar-refractivity contribution is 5.17. The summed E-state index contributed by atoms with van der Waals surface area (Å²) in [6.07, 6.45) is 8.09. The summed E-state index contributed by atoms with van der Waals surface area (Å²) in [6.45, 7) is 0. The predicted molar refractivity (Wildman–Crippen MR) is 51.2 cm³/mol. The minimum Gasteiger partial charge on any atom is -0.388 e. The molecule has 0 heterocycles. The van der Waals surface area contributed by atoms with Crippen LogP contribution in [0.5, 0.6) is 0 Å². The van der Waals surface area contributed by atoms with E-state index in [-0.39, 0.29) is 5.54 Å². The zero-order chi connectivity index (χ0) is 9.10. The first-order valence-electron chi connectivity index (χ1n) is 5.65. The molecule has 0 radical (unpaired) electrons. The molecule has 0 aliphatic heterocycles. The number of rotatable bonds is 1. The minimum atomic E-state index is -0.479. The Morgan fingerprint density at radius 2 is 2.00 bits per heavy atom. The van der Waals surface area contributed by atoms with Crippen LogP contribution in [0, 0.1) is 11.8 Å². The normalized spacial score (nSPS) is 52.2. The molecule has 3 unspecified atom stereocenters. The van der Waals surface area contributed by atoms with Crippen LogP contribution in [0.1, 0.15) is 44.9 Å². The van der Waals surface area contributed by atoms with Gasteiger partial charge in [-0.05, 0) is 50.4 Å². The van der Waals surface area contributed by atoms with Gasteiger partial charge in [-0.25, -0.2) is 0 Å². The molecule has 0 spiro atoms. The second-order valence-electron chi connectivity index (χ2n) is 5.51. The summed E-state index contributed by atoms with van der Waals surface area (Å²) in [4.78, 5) is 0. The standard InChI is InChI=1S/C11H19NO/c12-11(10(13)4-1-5-10)7-8-2-3-9(11)6-8/h8-9,13H,1-7,12H2. The number of hydrogen-bond donors (Lipinski definition) is 2. The van der Waals surface area contributed by atoms with Gasteiger partial charge in [0.05, 0.1) is 5.60 Å². The van der Waals surface area contributed by atoms with E-state index < -0.39 is 5.60 Å². The molecule has 3 N–H and O–H groups in total. The Bertz CT molecular complexity index is 236. The predicted octanol–water partition coefficient (Wildman–Crippen LogP) is 1.42. The van der Waals surface area contributed by atoms with E-state index in [1.165, 1.54) is 25.7 Å². The van der Waals surface area contributed by atoms with Crippen LogP contribution in [0.3, 0.4) is 0 Å². The second-order valence-corrected chi connectivity index (χ2v) is 5.51. The fraction of sp³-hybridized carbons (Fsp3) is 1.00. The van der Waals surface area contributed by atoms with E-state index in [9.17, 15) is 5.11 Å². The molecule has 3 aliphatic carbocycles. The molecule has 0 aromatic carbocycles. The summed E-state index contributed by atoms with van der Waals surface area (Å²) in [5.74, 6) is 1.46. The topological polar surface area (TPSA) is 46.2 Å². The van der Waals surface area contributed by atoms with Crippen molar-refractivity contribution in [3.8, 4) is 0 Å². The lowest BCUT2D eigenvalue weighted by molar-refractivity contribution is -0.115. The van der Waals surface area contributed by atoms with Gasteiger partial charge in [-0.1, -0.05) is 6.42 Å². The third-order valence-corrected chi connectivity index (χ3v) is 4.94. The maximum atomic E-state index is 10.4. The Morgan fingerprint density at radius 1 is 1.23 bits per heavy atom. The van der Waals surface area contributed by atoms with Crippen LogP contribution in [0.2, 0.25) is 0 Å².